The lowest BCUT2D eigenvalue weighted by Crippen LogP contribution is -2.05. The van der Waals surface area contributed by atoms with Crippen LogP contribution in [-0.4, -0.2) is 34.9 Å². The fraction of sp³-hybridized carbons (Fsp3) is 0.158. The van der Waals surface area contributed by atoms with Crippen LogP contribution in [0.5, 0.6) is 5.75 Å². The molecular formula is C19H18ClN5O3. The van der Waals surface area contributed by atoms with Gasteiger partial charge in [0.1, 0.15) is 5.75 Å². The highest BCUT2D eigenvalue weighted by Gasteiger charge is 2.09. The number of hydrogen-bond acceptors (Lipinski definition) is 8. The molecule has 3 aromatic rings. The zero-order valence-electron chi connectivity index (χ0n) is 15.3. The summed E-state index contributed by atoms with van der Waals surface area (Å²) in [5, 5.41) is 14.6. The van der Waals surface area contributed by atoms with Crippen molar-refractivity contribution in [2.75, 3.05) is 24.4 Å². The minimum absolute atomic E-state index is 0.272. The number of anilines is 4. The second-order valence-electron chi connectivity index (χ2n) is 5.56. The van der Waals surface area contributed by atoms with E-state index >= 15 is 0 Å². The first-order valence-electron chi connectivity index (χ1n) is 8.43. The molecule has 0 saturated carbocycles. The Labute approximate surface area is 166 Å². The van der Waals surface area contributed by atoms with Gasteiger partial charge in [-0.2, -0.15) is 10.1 Å². The molecule has 9 heteroatoms. The number of methoxy groups -OCH3 is 1. The molecule has 2 aromatic carbocycles. The normalized spacial score (nSPS) is 10.2. The molecule has 0 bridgehead atoms. The summed E-state index contributed by atoms with van der Waals surface area (Å²) in [6, 6.07) is 12.0. The van der Waals surface area contributed by atoms with Crippen molar-refractivity contribution in [2.24, 2.45) is 0 Å². The van der Waals surface area contributed by atoms with E-state index in [1.807, 2.05) is 0 Å². The zero-order chi connectivity index (χ0) is 19.9. The molecule has 0 amide bonds. The molecular weight excluding hydrogens is 382 g/mol. The second kappa shape index (κ2) is 9.01. The van der Waals surface area contributed by atoms with Crippen molar-refractivity contribution < 1.29 is 14.3 Å². The maximum atomic E-state index is 11.7. The number of rotatable bonds is 7. The molecule has 2 N–H and O–H groups in total. The molecule has 0 unspecified atom stereocenters. The van der Waals surface area contributed by atoms with Gasteiger partial charge in [-0.3, -0.25) is 0 Å². The number of benzene rings is 2. The summed E-state index contributed by atoms with van der Waals surface area (Å²) in [7, 11) is 1.56. The Morgan fingerprint density at radius 1 is 1.14 bits per heavy atom. The van der Waals surface area contributed by atoms with Gasteiger partial charge in [-0.15, -0.1) is 5.10 Å². The van der Waals surface area contributed by atoms with E-state index in [-0.39, 0.29) is 11.9 Å². The lowest BCUT2D eigenvalue weighted by molar-refractivity contribution is 0.0526. The zero-order valence-corrected chi connectivity index (χ0v) is 16.0. The summed E-state index contributed by atoms with van der Waals surface area (Å²) >= 11 is 6.04. The largest absolute Gasteiger partial charge is 0.495 e. The van der Waals surface area contributed by atoms with Gasteiger partial charge in [0.25, 0.3) is 0 Å². The van der Waals surface area contributed by atoms with Crippen molar-refractivity contribution in [1.29, 1.82) is 0 Å². The number of aromatic nitrogens is 3. The lowest BCUT2D eigenvalue weighted by atomic mass is 10.2. The summed E-state index contributed by atoms with van der Waals surface area (Å²) in [6.07, 6.45) is 1.49. The van der Waals surface area contributed by atoms with Gasteiger partial charge < -0.3 is 20.1 Å². The van der Waals surface area contributed by atoms with Crippen LogP contribution in [-0.2, 0) is 4.74 Å². The van der Waals surface area contributed by atoms with Gasteiger partial charge in [-0.25, -0.2) is 4.79 Å². The monoisotopic (exact) mass is 399 g/mol. The fourth-order valence-corrected chi connectivity index (χ4v) is 2.54. The van der Waals surface area contributed by atoms with E-state index in [2.05, 4.69) is 25.8 Å². The third-order valence-corrected chi connectivity index (χ3v) is 3.87. The Hall–Kier alpha value is -3.39. The van der Waals surface area contributed by atoms with E-state index in [1.165, 1.54) is 6.20 Å². The highest BCUT2D eigenvalue weighted by Crippen LogP contribution is 2.29. The van der Waals surface area contributed by atoms with Crippen LogP contribution in [0.1, 0.15) is 17.3 Å². The van der Waals surface area contributed by atoms with Crippen LogP contribution < -0.4 is 15.4 Å². The Kier molecular flexibility index (Phi) is 6.23. The Morgan fingerprint density at radius 2 is 1.93 bits per heavy atom. The first-order chi connectivity index (χ1) is 13.6. The Balaban J connectivity index is 1.73. The maximum absolute atomic E-state index is 11.7. The van der Waals surface area contributed by atoms with Gasteiger partial charge in [0, 0.05) is 10.7 Å². The van der Waals surface area contributed by atoms with Crippen LogP contribution in [0.4, 0.5) is 23.1 Å². The number of esters is 1. The van der Waals surface area contributed by atoms with E-state index in [4.69, 9.17) is 21.1 Å². The smallest absolute Gasteiger partial charge is 0.338 e. The minimum atomic E-state index is -0.361. The van der Waals surface area contributed by atoms with Crippen molar-refractivity contribution in [2.45, 2.75) is 6.92 Å². The molecule has 1 heterocycles. The van der Waals surface area contributed by atoms with Crippen LogP contribution in [0.3, 0.4) is 0 Å². The molecule has 0 atom stereocenters. The van der Waals surface area contributed by atoms with Crippen LogP contribution in [0, 0.1) is 0 Å². The maximum Gasteiger partial charge on any atom is 0.338 e. The van der Waals surface area contributed by atoms with Crippen LogP contribution in [0.25, 0.3) is 0 Å². The first kappa shape index (κ1) is 19.4. The van der Waals surface area contributed by atoms with Gasteiger partial charge in [-0.1, -0.05) is 11.6 Å². The number of halogens is 1. The van der Waals surface area contributed by atoms with Crippen molar-refractivity contribution in [3.8, 4) is 5.75 Å². The predicted molar refractivity (Wildman–Crippen MR) is 107 cm³/mol. The van der Waals surface area contributed by atoms with E-state index in [0.29, 0.717) is 34.4 Å². The molecule has 0 saturated heterocycles. The predicted octanol–water partition coefficient (Wildman–Crippen LogP) is 4.20. The molecule has 0 aliphatic rings. The molecule has 0 fully saturated rings. The summed E-state index contributed by atoms with van der Waals surface area (Å²) in [5.41, 5.74) is 1.83. The van der Waals surface area contributed by atoms with Gasteiger partial charge in [0.2, 0.25) is 5.95 Å². The number of ether oxygens (including phenoxy) is 2. The fourth-order valence-electron chi connectivity index (χ4n) is 2.37. The first-order valence-corrected chi connectivity index (χ1v) is 8.81. The molecule has 0 radical (unpaired) electrons. The highest BCUT2D eigenvalue weighted by molar-refractivity contribution is 6.31. The molecule has 0 aliphatic carbocycles. The van der Waals surface area contributed by atoms with Crippen molar-refractivity contribution >= 4 is 40.7 Å². The average Bonchev–Trinajstić information content (AvgIpc) is 2.69. The van der Waals surface area contributed by atoms with E-state index in [1.54, 1.807) is 56.5 Å². The van der Waals surface area contributed by atoms with Crippen LogP contribution >= 0.6 is 11.6 Å². The summed E-state index contributed by atoms with van der Waals surface area (Å²) in [6.45, 7) is 2.10. The van der Waals surface area contributed by atoms with Crippen LogP contribution in [0.2, 0.25) is 5.02 Å². The molecule has 144 valence electrons. The van der Waals surface area contributed by atoms with Gasteiger partial charge in [0.15, 0.2) is 5.82 Å². The van der Waals surface area contributed by atoms with E-state index in [0.717, 1.165) is 5.69 Å². The van der Waals surface area contributed by atoms with Gasteiger partial charge in [0.05, 0.1) is 31.2 Å². The van der Waals surface area contributed by atoms with Crippen molar-refractivity contribution in [3.05, 3.63) is 59.2 Å². The molecule has 8 nitrogen and oxygen atoms in total. The Morgan fingerprint density at radius 3 is 2.64 bits per heavy atom. The molecule has 0 aliphatic heterocycles. The number of carbonyl (C=O) groups excluding carboxylic acids is 1. The number of carbonyl (C=O) groups is 1. The second-order valence-corrected chi connectivity index (χ2v) is 5.99. The summed E-state index contributed by atoms with van der Waals surface area (Å²) < 4.78 is 10.3. The highest BCUT2D eigenvalue weighted by atomic mass is 35.5. The minimum Gasteiger partial charge on any atom is -0.495 e. The van der Waals surface area contributed by atoms with Crippen molar-refractivity contribution in [1.82, 2.24) is 15.2 Å². The number of nitrogens with zero attached hydrogens (tertiary/aromatic N) is 3. The van der Waals surface area contributed by atoms with E-state index in [9.17, 15) is 4.79 Å². The topological polar surface area (TPSA) is 98.3 Å². The Bertz CT molecular complexity index is 966. The molecule has 1 aromatic heterocycles. The van der Waals surface area contributed by atoms with Gasteiger partial charge >= 0.3 is 5.97 Å². The van der Waals surface area contributed by atoms with Crippen LogP contribution in [0.15, 0.2) is 48.7 Å². The summed E-state index contributed by atoms with van der Waals surface area (Å²) in [4.78, 5) is 16.1. The quantitative estimate of drug-likeness (QED) is 0.570. The number of hydrogen-bond donors (Lipinski definition) is 2. The standard InChI is InChI=1S/C19H18ClN5O3/c1-3-28-18(26)12-4-7-14(8-5-12)22-17-11-21-25-19(24-17)23-15-10-13(20)6-9-16(15)27-2/h4-11H,3H2,1-2H3,(H2,22,23,24,25). The van der Waals surface area contributed by atoms with E-state index < -0.39 is 0 Å². The third-order valence-electron chi connectivity index (χ3n) is 3.64. The molecule has 0 spiro atoms. The SMILES string of the molecule is CCOC(=O)c1ccc(Nc2cnnc(Nc3cc(Cl)ccc3OC)n2)cc1. The number of nitrogens with one attached hydrogen (secondary N) is 2. The van der Waals surface area contributed by atoms with Crippen molar-refractivity contribution in [3.63, 3.8) is 0 Å². The van der Waals surface area contributed by atoms with Gasteiger partial charge in [-0.05, 0) is 49.4 Å². The average molecular weight is 400 g/mol. The third kappa shape index (κ3) is 4.86. The lowest BCUT2D eigenvalue weighted by Gasteiger charge is -2.11. The molecule has 3 rings (SSSR count). The summed E-state index contributed by atoms with van der Waals surface area (Å²) in [5.74, 6) is 0.983. The molecule has 28 heavy (non-hydrogen) atoms.